The third-order valence-electron chi connectivity index (χ3n) is 7.09. The zero-order valence-electron chi connectivity index (χ0n) is 22.0. The Balaban J connectivity index is 1.61. The van der Waals surface area contributed by atoms with E-state index in [1.807, 2.05) is 91.9 Å². The number of fused-ring (bicyclic) bond motifs is 6. The monoisotopic (exact) mass is 522 g/mol. The lowest BCUT2D eigenvalue weighted by molar-refractivity contribution is 0.0226. The van der Waals surface area contributed by atoms with Gasteiger partial charge in [0, 0.05) is 48.2 Å². The van der Waals surface area contributed by atoms with Gasteiger partial charge in [0.1, 0.15) is 17.2 Å². The lowest BCUT2D eigenvalue weighted by Gasteiger charge is -2.37. The van der Waals surface area contributed by atoms with Crippen LogP contribution in [0.5, 0.6) is 17.2 Å². The van der Waals surface area contributed by atoms with Crippen LogP contribution >= 0.6 is 0 Å². The van der Waals surface area contributed by atoms with Crippen molar-refractivity contribution in [3.63, 3.8) is 0 Å². The van der Waals surface area contributed by atoms with Crippen LogP contribution in [0.2, 0.25) is 0 Å². The molecule has 0 amide bonds. The molecule has 0 aromatic heterocycles. The van der Waals surface area contributed by atoms with Crippen molar-refractivity contribution in [3.8, 4) is 17.2 Å². The Morgan fingerprint density at radius 1 is 0.897 bits per heavy atom. The maximum absolute atomic E-state index is 13.9. The van der Waals surface area contributed by atoms with Crippen LogP contribution in [0.3, 0.4) is 0 Å². The summed E-state index contributed by atoms with van der Waals surface area (Å²) in [7, 11) is 1.63. The van der Waals surface area contributed by atoms with Crippen LogP contribution in [-0.2, 0) is 15.1 Å². The summed E-state index contributed by atoms with van der Waals surface area (Å²) in [5.74, 6) is 1.44. The first kappa shape index (κ1) is 24.8. The molecule has 0 saturated carbocycles. The Labute approximate surface area is 227 Å². The molecule has 6 rings (SSSR count). The number of anilines is 3. The normalized spacial score (nSPS) is 14.1. The minimum absolute atomic E-state index is 0.414. The number of carbonyl (C=O) groups excluding carboxylic acids is 1. The molecule has 4 aromatic rings. The van der Waals surface area contributed by atoms with Crippen molar-refractivity contribution in [2.24, 2.45) is 0 Å². The Bertz CT molecular complexity index is 1470. The molecular weight excluding hydrogens is 492 g/mol. The number of carbonyl (C=O) groups is 1. The number of hydrogen-bond acceptors (Lipinski definition) is 7. The zero-order valence-corrected chi connectivity index (χ0v) is 22.0. The first-order chi connectivity index (χ1) is 19.2. The molecule has 0 fully saturated rings. The van der Waals surface area contributed by atoms with Crippen molar-refractivity contribution in [2.45, 2.75) is 18.9 Å². The van der Waals surface area contributed by atoms with Gasteiger partial charge in [-0.3, -0.25) is 0 Å². The van der Waals surface area contributed by atoms with E-state index < -0.39 is 11.6 Å². The second kappa shape index (κ2) is 10.3. The van der Waals surface area contributed by atoms with Crippen LogP contribution in [0, 0.1) is 0 Å². The fraction of sp³-hybridized carbons (Fsp3) is 0.219. The first-order valence-electron chi connectivity index (χ1n) is 13.2. The van der Waals surface area contributed by atoms with E-state index in [2.05, 4.69) is 10.6 Å². The summed E-state index contributed by atoms with van der Waals surface area (Å²) in [6.45, 7) is 3.89. The zero-order chi connectivity index (χ0) is 26.8. The Morgan fingerprint density at radius 3 is 2.23 bits per heavy atom. The molecule has 4 aromatic carbocycles. The molecule has 2 aliphatic heterocycles. The minimum Gasteiger partial charge on any atom is -0.494 e. The van der Waals surface area contributed by atoms with Crippen molar-refractivity contribution in [2.75, 3.05) is 37.5 Å². The van der Waals surface area contributed by atoms with Gasteiger partial charge in [-0.1, -0.05) is 54.6 Å². The van der Waals surface area contributed by atoms with Gasteiger partial charge in [0.25, 0.3) is 0 Å². The Kier molecular flexibility index (Phi) is 6.59. The van der Waals surface area contributed by atoms with Gasteiger partial charge in [0.05, 0.1) is 24.0 Å². The molecule has 0 bridgehead atoms. The van der Waals surface area contributed by atoms with Crippen molar-refractivity contribution in [1.82, 2.24) is 0 Å². The van der Waals surface area contributed by atoms with E-state index in [0.717, 1.165) is 23.2 Å². The number of para-hydroxylation sites is 3. The highest BCUT2D eigenvalue weighted by Gasteiger charge is 2.56. The number of nitrogens with one attached hydrogen (secondary N) is 2. The predicted molar refractivity (Wildman–Crippen MR) is 151 cm³/mol. The van der Waals surface area contributed by atoms with E-state index in [9.17, 15) is 4.79 Å². The molecule has 1 spiro atoms. The second-order valence-corrected chi connectivity index (χ2v) is 9.38. The first-order valence-corrected chi connectivity index (χ1v) is 13.2. The average molecular weight is 523 g/mol. The molecule has 2 heterocycles. The summed E-state index contributed by atoms with van der Waals surface area (Å²) in [5, 5.41) is 6.99. The number of esters is 1. The van der Waals surface area contributed by atoms with Gasteiger partial charge < -0.3 is 29.6 Å². The highest BCUT2D eigenvalue weighted by Crippen LogP contribution is 2.60. The van der Waals surface area contributed by atoms with Gasteiger partial charge in [0.2, 0.25) is 0 Å². The highest BCUT2D eigenvalue weighted by molar-refractivity contribution is 6.06. The summed E-state index contributed by atoms with van der Waals surface area (Å²) >= 11 is 0. The summed E-state index contributed by atoms with van der Waals surface area (Å²) in [6.07, 6.45) is 0.786. The molecule has 7 heteroatoms. The number of ether oxygens (including phenoxy) is 4. The van der Waals surface area contributed by atoms with Crippen LogP contribution in [0.25, 0.3) is 0 Å². The largest absolute Gasteiger partial charge is 0.494 e. The molecule has 2 N–H and O–H groups in total. The number of rotatable bonds is 9. The molecular formula is C32H30N2O5. The van der Waals surface area contributed by atoms with Gasteiger partial charge in [-0.05, 0) is 37.6 Å². The van der Waals surface area contributed by atoms with Crippen LogP contribution < -0.4 is 20.1 Å². The lowest BCUT2D eigenvalue weighted by atomic mass is 9.76. The quantitative estimate of drug-likeness (QED) is 0.184. The van der Waals surface area contributed by atoms with Gasteiger partial charge in [0.15, 0.2) is 5.60 Å². The molecule has 198 valence electrons. The van der Waals surface area contributed by atoms with Gasteiger partial charge in [-0.15, -0.1) is 0 Å². The van der Waals surface area contributed by atoms with Crippen molar-refractivity contribution < 1.29 is 23.7 Å². The molecule has 0 radical (unpaired) electrons. The average Bonchev–Trinajstić information content (AvgIpc) is 3.28. The molecule has 39 heavy (non-hydrogen) atoms. The van der Waals surface area contributed by atoms with Gasteiger partial charge >= 0.3 is 5.97 Å². The summed E-state index contributed by atoms with van der Waals surface area (Å²) < 4.78 is 24.2. The third-order valence-corrected chi connectivity index (χ3v) is 7.09. The van der Waals surface area contributed by atoms with Crippen molar-refractivity contribution in [3.05, 3.63) is 107 Å². The van der Waals surface area contributed by atoms with Crippen molar-refractivity contribution >= 4 is 23.0 Å². The number of methoxy groups -OCH3 is 1. The van der Waals surface area contributed by atoms with E-state index in [-0.39, 0.29) is 0 Å². The fourth-order valence-corrected chi connectivity index (χ4v) is 5.43. The second-order valence-electron chi connectivity index (χ2n) is 9.38. The molecule has 0 atom stereocenters. The molecule has 0 saturated heterocycles. The molecule has 0 unspecified atom stereocenters. The molecule has 2 aliphatic rings. The van der Waals surface area contributed by atoms with E-state index in [1.54, 1.807) is 7.11 Å². The van der Waals surface area contributed by atoms with Crippen LogP contribution in [0.1, 0.15) is 40.4 Å². The minimum atomic E-state index is -1.24. The maximum Gasteiger partial charge on any atom is 0.342 e. The number of hydrogen-bond donors (Lipinski definition) is 2. The SMILES string of the molecule is CCOCCCNc1cc(OC)c(Nc2ccccc2)c2c1C(=O)OC21c2ccccc2Oc2ccccc21. The lowest BCUT2D eigenvalue weighted by Crippen LogP contribution is -2.33. The predicted octanol–water partition coefficient (Wildman–Crippen LogP) is 6.85. The van der Waals surface area contributed by atoms with Crippen LogP contribution in [-0.4, -0.2) is 32.8 Å². The van der Waals surface area contributed by atoms with E-state index >= 15 is 0 Å². The number of benzene rings is 4. The van der Waals surface area contributed by atoms with E-state index in [0.29, 0.717) is 59.5 Å². The maximum atomic E-state index is 13.9. The Hall–Kier alpha value is -4.49. The summed E-state index contributed by atoms with van der Waals surface area (Å²) in [4.78, 5) is 13.9. The fourth-order valence-electron chi connectivity index (χ4n) is 5.43. The smallest absolute Gasteiger partial charge is 0.342 e. The topological polar surface area (TPSA) is 78.0 Å². The summed E-state index contributed by atoms with van der Waals surface area (Å²) in [5.41, 5.74) is 3.59. The van der Waals surface area contributed by atoms with Crippen LogP contribution in [0.15, 0.2) is 84.9 Å². The van der Waals surface area contributed by atoms with Crippen LogP contribution in [0.4, 0.5) is 17.1 Å². The van der Waals surface area contributed by atoms with Gasteiger partial charge in [-0.25, -0.2) is 4.79 Å². The molecule has 7 nitrogen and oxygen atoms in total. The van der Waals surface area contributed by atoms with Gasteiger partial charge in [-0.2, -0.15) is 0 Å². The highest BCUT2D eigenvalue weighted by atomic mass is 16.6. The third kappa shape index (κ3) is 4.15. The standard InChI is InChI=1S/C32H30N2O5/c1-3-37-19-11-18-33-24-20-27(36-2)30(34-21-12-5-4-6-13-21)29-28(24)31(35)39-32(29)22-14-7-9-16-25(22)38-26-17-10-8-15-23(26)32/h4-10,12-17,20,33-34H,3,11,18-19H2,1-2H3. The Morgan fingerprint density at radius 2 is 1.56 bits per heavy atom. The summed E-state index contributed by atoms with van der Waals surface area (Å²) in [6, 6.07) is 27.1. The molecule has 0 aliphatic carbocycles. The van der Waals surface area contributed by atoms with E-state index in [1.165, 1.54) is 0 Å². The van der Waals surface area contributed by atoms with Crippen molar-refractivity contribution in [1.29, 1.82) is 0 Å². The van der Waals surface area contributed by atoms with E-state index in [4.69, 9.17) is 18.9 Å².